The third-order valence-electron chi connectivity index (χ3n) is 5.14. The Kier molecular flexibility index (Phi) is 6.07. The summed E-state index contributed by atoms with van der Waals surface area (Å²) in [6, 6.07) is 22.5. The zero-order valence-electron chi connectivity index (χ0n) is 16.1. The number of benzene rings is 3. The number of hydrogen-bond acceptors (Lipinski definition) is 2. The molecule has 0 spiro atoms. The number of nitrogens with zero attached hydrogens (tertiary/aromatic N) is 1. The molecule has 1 N–H and O–H groups in total. The lowest BCUT2D eigenvalue weighted by Gasteiger charge is -2.17. The monoisotopic (exact) mass is 438 g/mol. The van der Waals surface area contributed by atoms with Crippen molar-refractivity contribution in [3.63, 3.8) is 0 Å². The molecule has 30 heavy (non-hydrogen) atoms. The SMILES string of the molecule is O=C(NC1CC(=O)N(Cc2ccc(Cl)c(Cl)c2)C1)c1cccc(-c2ccccc2)c1. The molecule has 0 bridgehead atoms. The van der Waals surface area contributed by atoms with Crippen LogP contribution in [0, 0.1) is 0 Å². The maximum Gasteiger partial charge on any atom is 0.251 e. The van der Waals surface area contributed by atoms with E-state index in [2.05, 4.69) is 5.32 Å². The molecule has 0 aromatic heterocycles. The molecule has 1 heterocycles. The van der Waals surface area contributed by atoms with Gasteiger partial charge in [-0.05, 0) is 41.0 Å². The van der Waals surface area contributed by atoms with Crippen LogP contribution in [-0.4, -0.2) is 29.3 Å². The molecule has 3 aromatic carbocycles. The van der Waals surface area contributed by atoms with Crippen molar-refractivity contribution in [1.82, 2.24) is 10.2 Å². The summed E-state index contributed by atoms with van der Waals surface area (Å²) in [7, 11) is 0. The van der Waals surface area contributed by atoms with Crippen molar-refractivity contribution in [3.8, 4) is 11.1 Å². The number of halogens is 2. The average molecular weight is 439 g/mol. The normalized spacial score (nSPS) is 16.0. The number of amides is 2. The summed E-state index contributed by atoms with van der Waals surface area (Å²) in [5, 5.41) is 3.94. The molecule has 1 aliphatic heterocycles. The van der Waals surface area contributed by atoms with E-state index in [0.29, 0.717) is 28.7 Å². The van der Waals surface area contributed by atoms with Crippen LogP contribution in [0.25, 0.3) is 11.1 Å². The second-order valence-electron chi connectivity index (χ2n) is 7.34. The van der Waals surface area contributed by atoms with Gasteiger partial charge in [0.15, 0.2) is 0 Å². The fourth-order valence-electron chi connectivity index (χ4n) is 3.62. The topological polar surface area (TPSA) is 49.4 Å². The van der Waals surface area contributed by atoms with Gasteiger partial charge in [0, 0.05) is 25.1 Å². The van der Waals surface area contributed by atoms with E-state index < -0.39 is 0 Å². The van der Waals surface area contributed by atoms with Crippen LogP contribution in [0.15, 0.2) is 72.8 Å². The molecule has 4 nitrogen and oxygen atoms in total. The summed E-state index contributed by atoms with van der Waals surface area (Å²) in [6.45, 7) is 0.898. The van der Waals surface area contributed by atoms with Gasteiger partial charge in [-0.1, -0.05) is 71.7 Å². The fraction of sp³-hybridized carbons (Fsp3) is 0.167. The lowest BCUT2D eigenvalue weighted by Crippen LogP contribution is -2.37. The van der Waals surface area contributed by atoms with Gasteiger partial charge in [0.25, 0.3) is 5.91 Å². The first-order chi connectivity index (χ1) is 14.5. The molecule has 6 heteroatoms. The third-order valence-corrected chi connectivity index (χ3v) is 5.88. The minimum absolute atomic E-state index is 0.00408. The molecular formula is C24H20Cl2N2O2. The van der Waals surface area contributed by atoms with E-state index >= 15 is 0 Å². The van der Waals surface area contributed by atoms with E-state index in [1.54, 1.807) is 23.1 Å². The smallest absolute Gasteiger partial charge is 0.251 e. The van der Waals surface area contributed by atoms with E-state index in [1.807, 2.05) is 54.6 Å². The number of nitrogens with one attached hydrogen (secondary N) is 1. The highest BCUT2D eigenvalue weighted by atomic mass is 35.5. The Bertz CT molecular complexity index is 1090. The molecule has 2 amide bonds. The molecule has 0 saturated carbocycles. The minimum Gasteiger partial charge on any atom is -0.347 e. The second kappa shape index (κ2) is 8.90. The summed E-state index contributed by atoms with van der Waals surface area (Å²) in [6.07, 6.45) is 0.283. The Hall–Kier alpha value is -2.82. The molecule has 3 aromatic rings. The average Bonchev–Trinajstić information content (AvgIpc) is 3.10. The van der Waals surface area contributed by atoms with Crippen LogP contribution in [-0.2, 0) is 11.3 Å². The van der Waals surface area contributed by atoms with Crippen molar-refractivity contribution in [1.29, 1.82) is 0 Å². The Labute approximate surface area is 185 Å². The third kappa shape index (κ3) is 4.66. The minimum atomic E-state index is -0.229. The van der Waals surface area contributed by atoms with Crippen LogP contribution in [0.2, 0.25) is 10.0 Å². The highest BCUT2D eigenvalue weighted by molar-refractivity contribution is 6.42. The Morgan fingerprint density at radius 3 is 2.47 bits per heavy atom. The predicted octanol–water partition coefficient (Wildman–Crippen LogP) is 5.19. The molecule has 1 fully saturated rings. The van der Waals surface area contributed by atoms with E-state index in [-0.39, 0.29) is 24.3 Å². The van der Waals surface area contributed by atoms with Crippen LogP contribution < -0.4 is 5.32 Å². The maximum absolute atomic E-state index is 12.8. The first-order valence-electron chi connectivity index (χ1n) is 9.67. The zero-order chi connectivity index (χ0) is 21.1. The van der Waals surface area contributed by atoms with Crippen molar-refractivity contribution >= 4 is 35.0 Å². The van der Waals surface area contributed by atoms with E-state index in [4.69, 9.17) is 23.2 Å². The van der Waals surface area contributed by atoms with Gasteiger partial charge in [0.2, 0.25) is 5.91 Å². The van der Waals surface area contributed by atoms with Crippen molar-refractivity contribution in [2.24, 2.45) is 0 Å². The highest BCUT2D eigenvalue weighted by Gasteiger charge is 2.30. The predicted molar refractivity (Wildman–Crippen MR) is 120 cm³/mol. The van der Waals surface area contributed by atoms with Crippen LogP contribution in [0.4, 0.5) is 0 Å². The van der Waals surface area contributed by atoms with Gasteiger partial charge >= 0.3 is 0 Å². The lowest BCUT2D eigenvalue weighted by molar-refractivity contribution is -0.128. The van der Waals surface area contributed by atoms with Crippen molar-refractivity contribution in [2.45, 2.75) is 19.0 Å². The van der Waals surface area contributed by atoms with Gasteiger partial charge in [-0.15, -0.1) is 0 Å². The van der Waals surface area contributed by atoms with Gasteiger partial charge in [-0.3, -0.25) is 9.59 Å². The standard InChI is InChI=1S/C24H20Cl2N2O2/c25-21-10-9-16(11-22(21)26)14-28-15-20(13-23(28)29)27-24(30)19-8-4-7-18(12-19)17-5-2-1-3-6-17/h1-12,20H,13-15H2,(H,27,30). The molecular weight excluding hydrogens is 419 g/mol. The summed E-state index contributed by atoms with van der Waals surface area (Å²) in [4.78, 5) is 26.9. The summed E-state index contributed by atoms with van der Waals surface area (Å²) in [5.41, 5.74) is 3.51. The van der Waals surface area contributed by atoms with E-state index in [1.165, 1.54) is 0 Å². The first kappa shape index (κ1) is 20.5. The number of carbonyl (C=O) groups excluding carboxylic acids is 2. The van der Waals surface area contributed by atoms with Crippen LogP contribution in [0.1, 0.15) is 22.3 Å². The summed E-state index contributed by atoms with van der Waals surface area (Å²) < 4.78 is 0. The zero-order valence-corrected chi connectivity index (χ0v) is 17.7. The van der Waals surface area contributed by atoms with Gasteiger partial charge < -0.3 is 10.2 Å². The Morgan fingerprint density at radius 2 is 1.70 bits per heavy atom. The van der Waals surface area contributed by atoms with Gasteiger partial charge in [-0.2, -0.15) is 0 Å². The molecule has 1 unspecified atom stereocenters. The molecule has 1 aliphatic rings. The molecule has 4 rings (SSSR count). The summed E-state index contributed by atoms with van der Waals surface area (Å²) in [5.74, 6) is -0.175. The number of carbonyl (C=O) groups is 2. The van der Waals surface area contributed by atoms with Gasteiger partial charge in [0.1, 0.15) is 0 Å². The van der Waals surface area contributed by atoms with Crippen LogP contribution >= 0.6 is 23.2 Å². The lowest BCUT2D eigenvalue weighted by atomic mass is 10.0. The Morgan fingerprint density at radius 1 is 0.933 bits per heavy atom. The van der Waals surface area contributed by atoms with Crippen molar-refractivity contribution < 1.29 is 9.59 Å². The quantitative estimate of drug-likeness (QED) is 0.595. The highest BCUT2D eigenvalue weighted by Crippen LogP contribution is 2.25. The van der Waals surface area contributed by atoms with E-state index in [0.717, 1.165) is 16.7 Å². The van der Waals surface area contributed by atoms with Crippen molar-refractivity contribution in [3.05, 3.63) is 94.0 Å². The van der Waals surface area contributed by atoms with Gasteiger partial charge in [-0.25, -0.2) is 0 Å². The first-order valence-corrected chi connectivity index (χ1v) is 10.4. The fourth-order valence-corrected chi connectivity index (χ4v) is 3.94. The largest absolute Gasteiger partial charge is 0.347 e. The van der Waals surface area contributed by atoms with Crippen LogP contribution in [0.5, 0.6) is 0 Å². The number of hydrogen-bond donors (Lipinski definition) is 1. The second-order valence-corrected chi connectivity index (χ2v) is 8.16. The molecule has 1 atom stereocenters. The number of rotatable bonds is 5. The van der Waals surface area contributed by atoms with Crippen LogP contribution in [0.3, 0.4) is 0 Å². The summed E-state index contributed by atoms with van der Waals surface area (Å²) >= 11 is 12.0. The van der Waals surface area contributed by atoms with Crippen molar-refractivity contribution in [2.75, 3.05) is 6.54 Å². The molecule has 0 radical (unpaired) electrons. The Balaban J connectivity index is 1.41. The molecule has 152 valence electrons. The molecule has 1 saturated heterocycles. The van der Waals surface area contributed by atoms with Gasteiger partial charge in [0.05, 0.1) is 16.1 Å². The molecule has 0 aliphatic carbocycles. The van der Waals surface area contributed by atoms with E-state index in [9.17, 15) is 9.59 Å². The number of likely N-dealkylation sites (tertiary alicyclic amines) is 1. The maximum atomic E-state index is 12.8.